The monoisotopic (exact) mass is 194 g/mol. The molecule has 14 heavy (non-hydrogen) atoms. The smallest absolute Gasteiger partial charge is 0.222 e. The van der Waals surface area contributed by atoms with Crippen molar-refractivity contribution in [2.45, 2.75) is 19.8 Å². The highest BCUT2D eigenvalue weighted by Gasteiger charge is 1.91. The molecule has 0 saturated heterocycles. The fourth-order valence-corrected chi connectivity index (χ4v) is 1.11. The molecular formula is C10H18N4. The Hall–Kier alpha value is -1.16. The lowest BCUT2D eigenvalue weighted by molar-refractivity contribution is 0.651. The number of anilines is 1. The summed E-state index contributed by atoms with van der Waals surface area (Å²) in [6, 6.07) is 1.81. The molecule has 1 aromatic rings. The third-order valence-corrected chi connectivity index (χ3v) is 1.81. The molecule has 1 rings (SSSR count). The second-order valence-electron chi connectivity index (χ2n) is 3.10. The quantitative estimate of drug-likeness (QED) is 0.642. The first-order valence-electron chi connectivity index (χ1n) is 5.15. The van der Waals surface area contributed by atoms with Crippen LogP contribution in [-0.4, -0.2) is 29.6 Å². The number of nitrogens with one attached hydrogen (secondary N) is 2. The molecule has 0 aromatic carbocycles. The second kappa shape index (κ2) is 7.26. The average molecular weight is 194 g/mol. The summed E-state index contributed by atoms with van der Waals surface area (Å²) in [7, 11) is 0. The van der Waals surface area contributed by atoms with Gasteiger partial charge in [-0.15, -0.1) is 0 Å². The van der Waals surface area contributed by atoms with Gasteiger partial charge >= 0.3 is 0 Å². The summed E-state index contributed by atoms with van der Waals surface area (Å²) in [5.41, 5.74) is 0. The van der Waals surface area contributed by atoms with Crippen LogP contribution in [0.5, 0.6) is 0 Å². The molecule has 0 atom stereocenters. The van der Waals surface area contributed by atoms with Crippen molar-refractivity contribution in [2.24, 2.45) is 0 Å². The molecule has 0 bridgehead atoms. The fourth-order valence-electron chi connectivity index (χ4n) is 1.11. The summed E-state index contributed by atoms with van der Waals surface area (Å²) in [6.07, 6.45) is 5.77. The van der Waals surface area contributed by atoms with Crippen molar-refractivity contribution >= 4 is 5.95 Å². The van der Waals surface area contributed by atoms with Crippen LogP contribution in [0.4, 0.5) is 5.95 Å². The Bertz CT molecular complexity index is 225. The molecule has 0 spiro atoms. The van der Waals surface area contributed by atoms with Crippen molar-refractivity contribution in [1.82, 2.24) is 15.3 Å². The Morgan fingerprint density at radius 3 is 2.64 bits per heavy atom. The lowest BCUT2D eigenvalue weighted by Crippen LogP contribution is -2.19. The van der Waals surface area contributed by atoms with Gasteiger partial charge in [0.2, 0.25) is 5.95 Å². The van der Waals surface area contributed by atoms with Gasteiger partial charge in [0.1, 0.15) is 0 Å². The molecule has 4 heteroatoms. The van der Waals surface area contributed by atoms with Crippen molar-refractivity contribution in [1.29, 1.82) is 0 Å². The molecule has 78 valence electrons. The third kappa shape index (κ3) is 4.77. The molecule has 0 aliphatic rings. The van der Waals surface area contributed by atoms with Gasteiger partial charge in [0, 0.05) is 18.9 Å². The highest BCUT2D eigenvalue weighted by atomic mass is 15.1. The van der Waals surface area contributed by atoms with Crippen LogP contribution in [0.2, 0.25) is 0 Å². The van der Waals surface area contributed by atoms with Crippen LogP contribution in [0.1, 0.15) is 19.8 Å². The van der Waals surface area contributed by atoms with E-state index in [2.05, 4.69) is 27.5 Å². The molecule has 1 aromatic heterocycles. The van der Waals surface area contributed by atoms with E-state index in [4.69, 9.17) is 0 Å². The van der Waals surface area contributed by atoms with Crippen molar-refractivity contribution in [3.05, 3.63) is 18.5 Å². The van der Waals surface area contributed by atoms with Gasteiger partial charge < -0.3 is 10.6 Å². The Morgan fingerprint density at radius 1 is 1.14 bits per heavy atom. The van der Waals surface area contributed by atoms with Crippen molar-refractivity contribution in [3.63, 3.8) is 0 Å². The molecule has 0 amide bonds. The molecule has 2 N–H and O–H groups in total. The van der Waals surface area contributed by atoms with E-state index < -0.39 is 0 Å². The topological polar surface area (TPSA) is 49.8 Å². The third-order valence-electron chi connectivity index (χ3n) is 1.81. The SMILES string of the molecule is CCCNCCCNc1ncccn1. The maximum Gasteiger partial charge on any atom is 0.222 e. The van der Waals surface area contributed by atoms with E-state index in [1.54, 1.807) is 12.4 Å². The van der Waals surface area contributed by atoms with E-state index in [-0.39, 0.29) is 0 Å². The second-order valence-corrected chi connectivity index (χ2v) is 3.10. The number of rotatable bonds is 7. The largest absolute Gasteiger partial charge is 0.354 e. The van der Waals surface area contributed by atoms with Crippen LogP contribution < -0.4 is 10.6 Å². The van der Waals surface area contributed by atoms with Crippen LogP contribution in [0, 0.1) is 0 Å². The number of hydrogen-bond acceptors (Lipinski definition) is 4. The lowest BCUT2D eigenvalue weighted by Gasteiger charge is -2.04. The minimum absolute atomic E-state index is 0.711. The van der Waals surface area contributed by atoms with Crippen molar-refractivity contribution < 1.29 is 0 Å². The van der Waals surface area contributed by atoms with E-state index in [0.29, 0.717) is 5.95 Å². The van der Waals surface area contributed by atoms with E-state index in [9.17, 15) is 0 Å². The summed E-state index contributed by atoms with van der Waals surface area (Å²) in [6.45, 7) is 5.24. The van der Waals surface area contributed by atoms with E-state index >= 15 is 0 Å². The number of nitrogens with zero attached hydrogens (tertiary/aromatic N) is 2. The Labute approximate surface area is 85.2 Å². The van der Waals surface area contributed by atoms with Gasteiger partial charge in [-0.25, -0.2) is 9.97 Å². The maximum absolute atomic E-state index is 4.07. The molecule has 0 aliphatic heterocycles. The minimum atomic E-state index is 0.711. The van der Waals surface area contributed by atoms with Crippen molar-refractivity contribution in [2.75, 3.05) is 25.0 Å². The molecular weight excluding hydrogens is 176 g/mol. The molecule has 1 heterocycles. The van der Waals surface area contributed by atoms with Gasteiger partial charge in [-0.05, 0) is 32.0 Å². The predicted octanol–water partition coefficient (Wildman–Crippen LogP) is 1.28. The standard InChI is InChI=1S/C10H18N4/c1-2-5-11-6-3-7-12-10-13-8-4-9-14-10/h4,8-9,11H,2-3,5-7H2,1H3,(H,12,13,14). The normalized spacial score (nSPS) is 10.1. The molecule has 0 unspecified atom stereocenters. The van der Waals surface area contributed by atoms with Crippen LogP contribution in [0.3, 0.4) is 0 Å². The zero-order chi connectivity index (χ0) is 10.1. The van der Waals surface area contributed by atoms with Crippen molar-refractivity contribution in [3.8, 4) is 0 Å². The summed E-state index contributed by atoms with van der Waals surface area (Å²) in [5, 5.41) is 6.50. The van der Waals surface area contributed by atoms with Gasteiger partial charge in [0.05, 0.1) is 0 Å². The van der Waals surface area contributed by atoms with Gasteiger partial charge in [-0.1, -0.05) is 6.92 Å². The van der Waals surface area contributed by atoms with Gasteiger partial charge in [0.15, 0.2) is 0 Å². The van der Waals surface area contributed by atoms with Crippen LogP contribution in [-0.2, 0) is 0 Å². The highest BCUT2D eigenvalue weighted by molar-refractivity contribution is 5.21. The molecule has 4 nitrogen and oxygen atoms in total. The van der Waals surface area contributed by atoms with Crippen LogP contribution in [0.15, 0.2) is 18.5 Å². The Kier molecular flexibility index (Phi) is 5.66. The predicted molar refractivity (Wildman–Crippen MR) is 58.3 cm³/mol. The summed E-state index contributed by atoms with van der Waals surface area (Å²) in [4.78, 5) is 8.14. The summed E-state index contributed by atoms with van der Waals surface area (Å²) in [5.74, 6) is 0.711. The maximum atomic E-state index is 4.07. The highest BCUT2D eigenvalue weighted by Crippen LogP contribution is 1.93. The first-order valence-corrected chi connectivity index (χ1v) is 5.15. The van der Waals surface area contributed by atoms with Gasteiger partial charge in [0.25, 0.3) is 0 Å². The number of aromatic nitrogens is 2. The van der Waals surface area contributed by atoms with Gasteiger partial charge in [-0.2, -0.15) is 0 Å². The molecule has 0 radical (unpaired) electrons. The summed E-state index contributed by atoms with van der Waals surface area (Å²) < 4.78 is 0. The Balaban J connectivity index is 1.99. The van der Waals surface area contributed by atoms with Crippen LogP contribution in [0.25, 0.3) is 0 Å². The fraction of sp³-hybridized carbons (Fsp3) is 0.600. The zero-order valence-electron chi connectivity index (χ0n) is 8.66. The molecule has 0 saturated carbocycles. The molecule has 0 aliphatic carbocycles. The lowest BCUT2D eigenvalue weighted by atomic mass is 10.4. The van der Waals surface area contributed by atoms with Gasteiger partial charge in [-0.3, -0.25) is 0 Å². The Morgan fingerprint density at radius 2 is 1.93 bits per heavy atom. The first-order chi connectivity index (χ1) is 6.93. The number of hydrogen-bond donors (Lipinski definition) is 2. The zero-order valence-corrected chi connectivity index (χ0v) is 8.66. The van der Waals surface area contributed by atoms with E-state index in [1.165, 1.54) is 6.42 Å². The van der Waals surface area contributed by atoms with E-state index in [1.807, 2.05) is 6.07 Å². The average Bonchev–Trinajstić information content (AvgIpc) is 2.25. The minimum Gasteiger partial charge on any atom is -0.354 e. The van der Waals surface area contributed by atoms with E-state index in [0.717, 1.165) is 26.1 Å². The van der Waals surface area contributed by atoms with Crippen LogP contribution >= 0.6 is 0 Å². The first kappa shape index (κ1) is 10.9. The molecule has 0 fully saturated rings. The summed E-state index contributed by atoms with van der Waals surface area (Å²) >= 11 is 0.